The van der Waals surface area contributed by atoms with Crippen molar-refractivity contribution in [1.82, 2.24) is 0 Å². The molecule has 2 nitrogen and oxygen atoms in total. The highest BCUT2D eigenvalue weighted by Gasteiger charge is 2.14. The molecule has 0 fully saturated rings. The highest BCUT2D eigenvalue weighted by atomic mass is 35.5. The SMILES string of the molecule is CCCC[C@@](C)(N)CO.Cl. The van der Waals surface area contributed by atoms with Crippen molar-refractivity contribution in [2.24, 2.45) is 5.73 Å². The fourth-order valence-corrected chi connectivity index (χ4v) is 0.660. The molecular weight excluding hydrogens is 150 g/mol. The van der Waals surface area contributed by atoms with Crippen LogP contribution >= 0.6 is 12.4 Å². The third-order valence-electron chi connectivity index (χ3n) is 1.46. The topological polar surface area (TPSA) is 46.2 Å². The molecule has 64 valence electrons. The van der Waals surface area contributed by atoms with E-state index in [9.17, 15) is 0 Å². The Morgan fingerprint density at radius 1 is 1.50 bits per heavy atom. The van der Waals surface area contributed by atoms with E-state index in [0.717, 1.165) is 19.3 Å². The zero-order chi connectivity index (χ0) is 7.33. The molecule has 0 aliphatic heterocycles. The van der Waals surface area contributed by atoms with Crippen LogP contribution in [-0.2, 0) is 0 Å². The molecule has 0 amide bonds. The van der Waals surface area contributed by atoms with Crippen LogP contribution < -0.4 is 5.73 Å². The van der Waals surface area contributed by atoms with Crippen molar-refractivity contribution < 1.29 is 5.11 Å². The summed E-state index contributed by atoms with van der Waals surface area (Å²) in [7, 11) is 0. The van der Waals surface area contributed by atoms with Gasteiger partial charge in [-0.2, -0.15) is 0 Å². The zero-order valence-corrected chi connectivity index (χ0v) is 7.58. The van der Waals surface area contributed by atoms with Gasteiger partial charge in [-0.15, -0.1) is 12.4 Å². The fraction of sp³-hybridized carbons (Fsp3) is 1.00. The summed E-state index contributed by atoms with van der Waals surface area (Å²) in [5.41, 5.74) is 5.30. The minimum absolute atomic E-state index is 0. The maximum absolute atomic E-state index is 8.70. The van der Waals surface area contributed by atoms with Crippen molar-refractivity contribution in [2.75, 3.05) is 6.61 Å². The molecule has 0 radical (unpaired) electrons. The summed E-state index contributed by atoms with van der Waals surface area (Å²) in [5.74, 6) is 0. The van der Waals surface area contributed by atoms with Gasteiger partial charge < -0.3 is 10.8 Å². The Bertz CT molecular complexity index is 76.0. The van der Waals surface area contributed by atoms with Gasteiger partial charge >= 0.3 is 0 Å². The van der Waals surface area contributed by atoms with E-state index in [-0.39, 0.29) is 24.6 Å². The van der Waals surface area contributed by atoms with Crippen molar-refractivity contribution in [2.45, 2.75) is 38.6 Å². The first kappa shape index (κ1) is 12.8. The second-order valence-electron chi connectivity index (χ2n) is 2.92. The Kier molecular flexibility index (Phi) is 7.65. The monoisotopic (exact) mass is 167 g/mol. The van der Waals surface area contributed by atoms with Crippen LogP contribution in [0.5, 0.6) is 0 Å². The van der Waals surface area contributed by atoms with Gasteiger partial charge in [-0.3, -0.25) is 0 Å². The van der Waals surface area contributed by atoms with Crippen molar-refractivity contribution in [3.8, 4) is 0 Å². The smallest absolute Gasteiger partial charge is 0.0608 e. The summed E-state index contributed by atoms with van der Waals surface area (Å²) in [4.78, 5) is 0. The minimum atomic E-state index is -0.351. The summed E-state index contributed by atoms with van der Waals surface area (Å²) < 4.78 is 0. The Morgan fingerprint density at radius 3 is 2.30 bits per heavy atom. The number of aliphatic hydroxyl groups excluding tert-OH is 1. The molecule has 0 unspecified atom stereocenters. The minimum Gasteiger partial charge on any atom is -0.394 e. The third-order valence-corrected chi connectivity index (χ3v) is 1.46. The summed E-state index contributed by atoms with van der Waals surface area (Å²) in [6.07, 6.45) is 3.17. The molecule has 0 heterocycles. The average molecular weight is 168 g/mol. The molecule has 0 aliphatic rings. The molecule has 10 heavy (non-hydrogen) atoms. The van der Waals surface area contributed by atoms with Gasteiger partial charge in [-0.25, -0.2) is 0 Å². The number of hydrogen-bond donors (Lipinski definition) is 2. The predicted molar refractivity (Wildman–Crippen MR) is 46.5 cm³/mol. The molecule has 0 saturated heterocycles. The van der Waals surface area contributed by atoms with Crippen LogP contribution in [0.15, 0.2) is 0 Å². The fourth-order valence-electron chi connectivity index (χ4n) is 0.660. The van der Waals surface area contributed by atoms with Crippen molar-refractivity contribution in [3.63, 3.8) is 0 Å². The van der Waals surface area contributed by atoms with Gasteiger partial charge in [0.25, 0.3) is 0 Å². The molecular formula is C7H18ClNO. The molecule has 0 aromatic rings. The second-order valence-corrected chi connectivity index (χ2v) is 2.92. The maximum atomic E-state index is 8.70. The number of hydrogen-bond acceptors (Lipinski definition) is 2. The molecule has 3 heteroatoms. The molecule has 0 aromatic heterocycles. The lowest BCUT2D eigenvalue weighted by Crippen LogP contribution is -2.39. The number of rotatable bonds is 4. The molecule has 3 N–H and O–H groups in total. The molecule has 1 atom stereocenters. The number of aliphatic hydroxyl groups is 1. The molecule has 0 saturated carbocycles. The lowest BCUT2D eigenvalue weighted by molar-refractivity contribution is 0.198. The second kappa shape index (κ2) is 5.96. The molecule has 0 aliphatic carbocycles. The lowest BCUT2D eigenvalue weighted by Gasteiger charge is -2.20. The Balaban J connectivity index is 0. The summed E-state index contributed by atoms with van der Waals surface area (Å²) in [6, 6.07) is 0. The van der Waals surface area contributed by atoms with E-state index in [1.54, 1.807) is 0 Å². The first-order chi connectivity index (χ1) is 4.12. The van der Waals surface area contributed by atoms with Crippen molar-refractivity contribution in [1.29, 1.82) is 0 Å². The number of unbranched alkanes of at least 4 members (excludes halogenated alkanes) is 1. The van der Waals surface area contributed by atoms with E-state index >= 15 is 0 Å². The quantitative estimate of drug-likeness (QED) is 0.664. The molecule has 0 bridgehead atoms. The van der Waals surface area contributed by atoms with E-state index in [1.165, 1.54) is 0 Å². The van der Waals surface area contributed by atoms with Crippen molar-refractivity contribution >= 4 is 12.4 Å². The van der Waals surface area contributed by atoms with Gasteiger partial charge in [0.05, 0.1) is 6.61 Å². The van der Waals surface area contributed by atoms with Crippen LogP contribution in [0, 0.1) is 0 Å². The number of nitrogens with two attached hydrogens (primary N) is 1. The van der Waals surface area contributed by atoms with Crippen LogP contribution in [0.4, 0.5) is 0 Å². The molecule has 0 rings (SSSR count). The standard InChI is InChI=1S/C7H17NO.ClH/c1-3-4-5-7(2,8)6-9;/h9H,3-6,8H2,1-2H3;1H/t7-;/m1./s1. The van der Waals surface area contributed by atoms with Gasteiger partial charge in [-0.1, -0.05) is 19.8 Å². The van der Waals surface area contributed by atoms with Crippen LogP contribution in [-0.4, -0.2) is 17.3 Å². The van der Waals surface area contributed by atoms with Crippen LogP contribution in [0.2, 0.25) is 0 Å². The highest BCUT2D eigenvalue weighted by Crippen LogP contribution is 2.08. The first-order valence-electron chi connectivity index (χ1n) is 3.52. The first-order valence-corrected chi connectivity index (χ1v) is 3.52. The van der Waals surface area contributed by atoms with Gasteiger partial charge in [0.1, 0.15) is 0 Å². The lowest BCUT2D eigenvalue weighted by atomic mass is 9.98. The Labute approximate surface area is 69.2 Å². The van der Waals surface area contributed by atoms with Crippen LogP contribution in [0.25, 0.3) is 0 Å². The van der Waals surface area contributed by atoms with Gasteiger partial charge in [0.2, 0.25) is 0 Å². The molecule has 0 spiro atoms. The third kappa shape index (κ3) is 6.33. The van der Waals surface area contributed by atoms with E-state index in [2.05, 4.69) is 6.92 Å². The van der Waals surface area contributed by atoms with Crippen LogP contribution in [0.3, 0.4) is 0 Å². The van der Waals surface area contributed by atoms with E-state index < -0.39 is 0 Å². The van der Waals surface area contributed by atoms with Gasteiger partial charge in [0.15, 0.2) is 0 Å². The summed E-state index contributed by atoms with van der Waals surface area (Å²) in [6.45, 7) is 4.09. The van der Waals surface area contributed by atoms with Crippen LogP contribution in [0.1, 0.15) is 33.1 Å². The average Bonchev–Trinajstić information content (AvgIpc) is 1.84. The Morgan fingerprint density at radius 2 is 2.00 bits per heavy atom. The van der Waals surface area contributed by atoms with E-state index in [1.807, 2.05) is 6.92 Å². The molecule has 0 aromatic carbocycles. The van der Waals surface area contributed by atoms with E-state index in [0.29, 0.717) is 0 Å². The zero-order valence-electron chi connectivity index (χ0n) is 6.76. The van der Waals surface area contributed by atoms with Gasteiger partial charge in [0, 0.05) is 5.54 Å². The van der Waals surface area contributed by atoms with Gasteiger partial charge in [-0.05, 0) is 13.3 Å². The van der Waals surface area contributed by atoms with E-state index in [4.69, 9.17) is 10.8 Å². The maximum Gasteiger partial charge on any atom is 0.0608 e. The summed E-state index contributed by atoms with van der Waals surface area (Å²) in [5, 5.41) is 8.70. The predicted octanol–water partition coefficient (Wildman–Crippen LogP) is 1.31. The highest BCUT2D eigenvalue weighted by molar-refractivity contribution is 5.85. The van der Waals surface area contributed by atoms with Crippen molar-refractivity contribution in [3.05, 3.63) is 0 Å². The Hall–Kier alpha value is 0.210. The number of halogens is 1. The largest absolute Gasteiger partial charge is 0.394 e. The summed E-state index contributed by atoms with van der Waals surface area (Å²) >= 11 is 0. The normalized spacial score (nSPS) is 15.6.